The van der Waals surface area contributed by atoms with Gasteiger partial charge in [-0.25, -0.2) is 13.2 Å². The molecule has 1 aliphatic rings. The Kier molecular flexibility index (Phi) is 4.85. The molecule has 0 radical (unpaired) electrons. The molecule has 0 aliphatic heterocycles. The number of hydrogen-bond donors (Lipinski definition) is 3. The first-order valence-corrected chi connectivity index (χ1v) is 9.13. The van der Waals surface area contributed by atoms with Crippen molar-refractivity contribution in [1.29, 1.82) is 0 Å². The van der Waals surface area contributed by atoms with Crippen molar-refractivity contribution in [2.24, 2.45) is 0 Å². The number of rotatable bonds is 5. The molecule has 0 atom stereocenters. The molecule has 2 aromatic carbocycles. The summed E-state index contributed by atoms with van der Waals surface area (Å²) in [5.41, 5.74) is 2.29. The molecule has 1 saturated carbocycles. The van der Waals surface area contributed by atoms with Gasteiger partial charge >= 0.3 is 0 Å². The first-order chi connectivity index (χ1) is 13.5. The summed E-state index contributed by atoms with van der Waals surface area (Å²) in [7, 11) is 0. The van der Waals surface area contributed by atoms with Gasteiger partial charge in [0.2, 0.25) is 5.91 Å². The van der Waals surface area contributed by atoms with E-state index in [1.165, 1.54) is 18.2 Å². The first kappa shape index (κ1) is 18.6. The zero-order valence-electron chi connectivity index (χ0n) is 14.9. The highest BCUT2D eigenvalue weighted by molar-refractivity contribution is 5.92. The summed E-state index contributed by atoms with van der Waals surface area (Å²) < 4.78 is 41.5. The third kappa shape index (κ3) is 3.38. The molecule has 28 heavy (non-hydrogen) atoms. The minimum absolute atomic E-state index is 0.00516. The van der Waals surface area contributed by atoms with Crippen LogP contribution in [0.5, 0.6) is 0 Å². The summed E-state index contributed by atoms with van der Waals surface area (Å²) in [6.07, 6.45) is 1.29. The third-order valence-electron chi connectivity index (χ3n) is 5.25. The molecule has 4 nitrogen and oxygen atoms in total. The summed E-state index contributed by atoms with van der Waals surface area (Å²) >= 11 is 0. The number of benzene rings is 2. The molecule has 1 heterocycles. The Labute approximate surface area is 159 Å². The van der Waals surface area contributed by atoms with Gasteiger partial charge in [0, 0.05) is 23.9 Å². The number of halogens is 3. The number of carbonyl (C=O) groups excluding carboxylic acids is 1. The maximum absolute atomic E-state index is 14.3. The van der Waals surface area contributed by atoms with Gasteiger partial charge in [-0.05, 0) is 60.2 Å². The van der Waals surface area contributed by atoms with Crippen LogP contribution >= 0.6 is 0 Å². The number of hydrogen-bond acceptors (Lipinski definition) is 2. The lowest BCUT2D eigenvalue weighted by Crippen LogP contribution is -2.43. The number of carbonyl (C=O) groups is 1. The van der Waals surface area contributed by atoms with Crippen LogP contribution in [0.4, 0.5) is 13.2 Å². The number of amides is 1. The van der Waals surface area contributed by atoms with Crippen molar-refractivity contribution >= 4 is 16.8 Å². The molecule has 1 aliphatic carbocycles. The van der Waals surface area contributed by atoms with Crippen molar-refractivity contribution in [2.45, 2.75) is 31.2 Å². The Balaban J connectivity index is 1.71. The van der Waals surface area contributed by atoms with Gasteiger partial charge in [0.05, 0.1) is 17.8 Å². The van der Waals surface area contributed by atoms with Gasteiger partial charge in [-0.3, -0.25) is 4.79 Å². The number of aromatic amines is 1. The lowest BCUT2D eigenvalue weighted by Gasteiger charge is -2.36. The monoisotopic (exact) mass is 388 g/mol. The molecule has 0 unspecified atom stereocenters. The van der Waals surface area contributed by atoms with E-state index >= 15 is 0 Å². The van der Waals surface area contributed by atoms with E-state index in [9.17, 15) is 18.0 Å². The van der Waals surface area contributed by atoms with Crippen molar-refractivity contribution in [3.05, 3.63) is 59.4 Å². The maximum atomic E-state index is 14.3. The number of aromatic nitrogens is 1. The fourth-order valence-electron chi connectivity index (χ4n) is 3.88. The van der Waals surface area contributed by atoms with Crippen LogP contribution in [0.15, 0.2) is 36.4 Å². The zero-order valence-corrected chi connectivity index (χ0v) is 14.9. The van der Waals surface area contributed by atoms with Gasteiger partial charge in [0.25, 0.3) is 0 Å². The van der Waals surface area contributed by atoms with Crippen LogP contribution < -0.4 is 5.32 Å². The second kappa shape index (κ2) is 7.31. The lowest BCUT2D eigenvalue weighted by molar-refractivity contribution is -0.123. The molecule has 4 rings (SSSR count). The molecule has 3 aromatic rings. The minimum atomic E-state index is -0.684. The van der Waals surface area contributed by atoms with Crippen LogP contribution in [0, 0.1) is 17.5 Å². The molecule has 146 valence electrons. The summed E-state index contributed by atoms with van der Waals surface area (Å²) in [5, 5.41) is 12.1. The van der Waals surface area contributed by atoms with Crippen molar-refractivity contribution in [3.8, 4) is 11.3 Å². The molecule has 1 amide bonds. The van der Waals surface area contributed by atoms with Crippen molar-refractivity contribution < 1.29 is 23.1 Å². The van der Waals surface area contributed by atoms with Crippen molar-refractivity contribution in [1.82, 2.24) is 10.3 Å². The van der Waals surface area contributed by atoms with Crippen LogP contribution in [0.2, 0.25) is 0 Å². The van der Waals surface area contributed by atoms with Gasteiger partial charge in [-0.2, -0.15) is 0 Å². The molecule has 7 heteroatoms. The van der Waals surface area contributed by atoms with E-state index in [0.29, 0.717) is 29.5 Å². The Bertz CT molecular complexity index is 1020. The SMILES string of the molecule is O=C(CCO)NC1CC(c2c(-c3ccc(F)cc3)[nH]c3c(F)cc(F)cc23)C1. The molecule has 0 spiro atoms. The highest BCUT2D eigenvalue weighted by Gasteiger charge is 2.35. The Morgan fingerprint density at radius 2 is 1.82 bits per heavy atom. The molecular weight excluding hydrogens is 369 g/mol. The van der Waals surface area contributed by atoms with Gasteiger partial charge < -0.3 is 15.4 Å². The molecular formula is C21H19F3N2O2. The zero-order chi connectivity index (χ0) is 19.8. The van der Waals surface area contributed by atoms with Gasteiger partial charge in [-0.15, -0.1) is 0 Å². The van der Waals surface area contributed by atoms with Crippen molar-refractivity contribution in [3.63, 3.8) is 0 Å². The first-order valence-electron chi connectivity index (χ1n) is 9.13. The molecule has 0 bridgehead atoms. The quantitative estimate of drug-likeness (QED) is 0.619. The molecule has 0 saturated heterocycles. The average Bonchev–Trinajstić information content (AvgIpc) is 2.98. The van der Waals surface area contributed by atoms with Gasteiger partial charge in [-0.1, -0.05) is 0 Å². The van der Waals surface area contributed by atoms with Crippen LogP contribution in [-0.2, 0) is 4.79 Å². The molecule has 1 fully saturated rings. The second-order valence-corrected chi connectivity index (χ2v) is 7.14. The minimum Gasteiger partial charge on any atom is -0.396 e. The topological polar surface area (TPSA) is 65.1 Å². The van der Waals surface area contributed by atoms with Crippen LogP contribution in [-0.4, -0.2) is 28.6 Å². The number of H-pyrrole nitrogens is 1. The predicted octanol–water partition coefficient (Wildman–Crippen LogP) is 4.00. The van der Waals surface area contributed by atoms with Gasteiger partial charge in [0.1, 0.15) is 17.5 Å². The third-order valence-corrected chi connectivity index (χ3v) is 5.25. The summed E-state index contributed by atoms with van der Waals surface area (Å²) in [6.45, 7) is -0.211. The second-order valence-electron chi connectivity index (χ2n) is 7.14. The summed E-state index contributed by atoms with van der Waals surface area (Å²) in [6, 6.07) is 7.91. The largest absolute Gasteiger partial charge is 0.396 e. The van der Waals surface area contributed by atoms with E-state index in [4.69, 9.17) is 5.11 Å². The van der Waals surface area contributed by atoms with E-state index in [1.54, 1.807) is 12.1 Å². The lowest BCUT2D eigenvalue weighted by atomic mass is 9.74. The van der Waals surface area contributed by atoms with Crippen LogP contribution in [0.25, 0.3) is 22.2 Å². The fourth-order valence-corrected chi connectivity index (χ4v) is 3.88. The van der Waals surface area contributed by atoms with Gasteiger partial charge in [0.15, 0.2) is 0 Å². The Morgan fingerprint density at radius 3 is 2.50 bits per heavy atom. The average molecular weight is 388 g/mol. The van der Waals surface area contributed by atoms with E-state index < -0.39 is 11.6 Å². The Morgan fingerprint density at radius 1 is 1.11 bits per heavy atom. The summed E-state index contributed by atoms with van der Waals surface area (Å²) in [4.78, 5) is 14.7. The fraction of sp³-hybridized carbons (Fsp3) is 0.286. The van der Waals surface area contributed by atoms with E-state index in [2.05, 4.69) is 10.3 Å². The molecule has 3 N–H and O–H groups in total. The van der Waals surface area contributed by atoms with Crippen LogP contribution in [0.3, 0.4) is 0 Å². The number of fused-ring (bicyclic) bond motifs is 1. The standard InChI is InChI=1S/C21H19F3N2O2/c22-13-3-1-11(2-4-13)20-19(12-7-15(8-12)25-18(28)5-6-27)16-9-14(23)10-17(24)21(16)26-20/h1-4,9-10,12,15,26-27H,5-8H2,(H,25,28). The smallest absolute Gasteiger partial charge is 0.222 e. The highest BCUT2D eigenvalue weighted by atomic mass is 19.1. The van der Waals surface area contributed by atoms with E-state index in [1.807, 2.05) is 0 Å². The van der Waals surface area contributed by atoms with Crippen LogP contribution in [0.1, 0.15) is 30.7 Å². The Hall–Kier alpha value is -2.80. The van der Waals surface area contributed by atoms with E-state index in [0.717, 1.165) is 11.6 Å². The van der Waals surface area contributed by atoms with E-state index in [-0.39, 0.29) is 42.2 Å². The normalized spacial score (nSPS) is 18.9. The number of aliphatic hydroxyl groups excluding tert-OH is 1. The molecule has 1 aromatic heterocycles. The summed E-state index contributed by atoms with van der Waals surface area (Å²) in [5.74, 6) is -1.95. The number of aliphatic hydroxyl groups is 1. The number of nitrogens with one attached hydrogen (secondary N) is 2. The predicted molar refractivity (Wildman–Crippen MR) is 99.2 cm³/mol. The van der Waals surface area contributed by atoms with Crippen molar-refractivity contribution in [2.75, 3.05) is 6.61 Å². The highest BCUT2D eigenvalue weighted by Crippen LogP contribution is 2.45. The maximum Gasteiger partial charge on any atom is 0.222 e.